The molecule has 0 saturated carbocycles. The largest absolute Gasteiger partial charge is 0.343 e. The van der Waals surface area contributed by atoms with Gasteiger partial charge in [0.2, 0.25) is 5.91 Å². The Balaban J connectivity index is 0.00000200. The van der Waals surface area contributed by atoms with Gasteiger partial charge in [0.05, 0.1) is 0 Å². The van der Waals surface area contributed by atoms with Crippen molar-refractivity contribution in [1.82, 2.24) is 4.90 Å². The highest BCUT2D eigenvalue weighted by atomic mass is 79.9. The third-order valence-electron chi connectivity index (χ3n) is 3.84. The molecule has 20 heavy (non-hydrogen) atoms. The fourth-order valence-corrected chi connectivity index (χ4v) is 4.00. The molecule has 0 spiro atoms. The van der Waals surface area contributed by atoms with Crippen molar-refractivity contribution < 1.29 is 4.79 Å². The molecule has 1 unspecified atom stereocenters. The van der Waals surface area contributed by atoms with Crippen molar-refractivity contribution in [3.05, 3.63) is 20.8 Å². The topological polar surface area (TPSA) is 46.3 Å². The summed E-state index contributed by atoms with van der Waals surface area (Å²) in [5, 5.41) is 2.06. The first-order chi connectivity index (χ1) is 9.06. The highest BCUT2D eigenvalue weighted by Gasteiger charge is 2.24. The van der Waals surface area contributed by atoms with Crippen LogP contribution in [0.1, 0.15) is 31.1 Å². The maximum absolute atomic E-state index is 12.1. The molecule has 1 aromatic rings. The van der Waals surface area contributed by atoms with Crippen molar-refractivity contribution in [2.45, 2.75) is 38.6 Å². The molecule has 1 aromatic heterocycles. The quantitative estimate of drug-likeness (QED) is 0.868. The van der Waals surface area contributed by atoms with Crippen molar-refractivity contribution in [3.8, 4) is 0 Å². The molecule has 2 heterocycles. The first-order valence-electron chi connectivity index (χ1n) is 6.82. The summed E-state index contributed by atoms with van der Waals surface area (Å²) in [5.41, 5.74) is 5.92. The lowest BCUT2D eigenvalue weighted by Crippen LogP contribution is -2.42. The van der Waals surface area contributed by atoms with Gasteiger partial charge in [0.15, 0.2) is 0 Å². The number of hydrogen-bond donors (Lipinski definition) is 1. The first kappa shape index (κ1) is 18.0. The third kappa shape index (κ3) is 5.02. The lowest BCUT2D eigenvalue weighted by Gasteiger charge is -2.33. The zero-order valence-corrected chi connectivity index (χ0v) is 14.9. The molecule has 1 amide bonds. The van der Waals surface area contributed by atoms with Crippen molar-refractivity contribution in [1.29, 1.82) is 0 Å². The maximum atomic E-state index is 12.1. The number of rotatable bonds is 4. The van der Waals surface area contributed by atoms with E-state index in [0.29, 0.717) is 12.3 Å². The Morgan fingerprint density at radius 2 is 2.20 bits per heavy atom. The molecule has 0 aliphatic carbocycles. The Morgan fingerprint density at radius 1 is 1.55 bits per heavy atom. The number of aryl methyl sites for hydroxylation is 1. The van der Waals surface area contributed by atoms with Crippen LogP contribution in [0.3, 0.4) is 0 Å². The molecule has 1 fully saturated rings. The molecule has 1 aliphatic rings. The van der Waals surface area contributed by atoms with Crippen LogP contribution in [0.2, 0.25) is 0 Å². The molecule has 0 aromatic carbocycles. The van der Waals surface area contributed by atoms with Gasteiger partial charge in [-0.25, -0.2) is 0 Å². The highest BCUT2D eigenvalue weighted by molar-refractivity contribution is 9.10. The molecule has 1 atom stereocenters. The number of nitrogens with two attached hydrogens (primary N) is 1. The molecule has 2 N–H and O–H groups in total. The van der Waals surface area contributed by atoms with Crippen LogP contribution >= 0.6 is 39.7 Å². The predicted octanol–water partition coefficient (Wildman–Crippen LogP) is 3.45. The molecule has 0 bridgehead atoms. The monoisotopic (exact) mass is 380 g/mol. The maximum Gasteiger partial charge on any atom is 0.222 e. The second-order valence-corrected chi connectivity index (χ2v) is 7.22. The van der Waals surface area contributed by atoms with Crippen LogP contribution in [0.5, 0.6) is 0 Å². The van der Waals surface area contributed by atoms with Crippen molar-refractivity contribution in [2.24, 2.45) is 11.7 Å². The fourth-order valence-electron chi connectivity index (χ4n) is 2.55. The molecule has 1 saturated heterocycles. The summed E-state index contributed by atoms with van der Waals surface area (Å²) in [5.74, 6) is 0.866. The van der Waals surface area contributed by atoms with E-state index in [2.05, 4.69) is 34.3 Å². The van der Waals surface area contributed by atoms with Crippen LogP contribution in [-0.4, -0.2) is 29.9 Å². The number of likely N-dealkylation sites (tertiary alicyclic amines) is 1. The second-order valence-electron chi connectivity index (χ2n) is 5.31. The minimum Gasteiger partial charge on any atom is -0.343 e. The zero-order chi connectivity index (χ0) is 13.8. The normalized spacial score (nSPS) is 17.6. The SMILES string of the molecule is CC(N)C1CCN(C(=O)CCc2cc(Br)cs2)CC1.Cl. The van der Waals surface area contributed by atoms with E-state index in [0.717, 1.165) is 36.8 Å². The van der Waals surface area contributed by atoms with Crippen LogP contribution in [0, 0.1) is 5.92 Å². The number of piperidine rings is 1. The van der Waals surface area contributed by atoms with Crippen LogP contribution in [0.4, 0.5) is 0 Å². The summed E-state index contributed by atoms with van der Waals surface area (Å²) >= 11 is 5.15. The van der Waals surface area contributed by atoms with Gasteiger partial charge in [-0.15, -0.1) is 23.7 Å². The van der Waals surface area contributed by atoms with Gasteiger partial charge in [-0.1, -0.05) is 0 Å². The summed E-state index contributed by atoms with van der Waals surface area (Å²) in [7, 11) is 0. The number of carbonyl (C=O) groups excluding carboxylic acids is 1. The number of nitrogens with zero attached hydrogens (tertiary/aromatic N) is 1. The van der Waals surface area contributed by atoms with Crippen molar-refractivity contribution in [2.75, 3.05) is 13.1 Å². The van der Waals surface area contributed by atoms with Crippen LogP contribution < -0.4 is 5.73 Å². The van der Waals surface area contributed by atoms with Gasteiger partial charge in [-0.3, -0.25) is 4.79 Å². The number of amides is 1. The Bertz CT molecular complexity index is 431. The molecule has 0 radical (unpaired) electrons. The van der Waals surface area contributed by atoms with Crippen molar-refractivity contribution >= 4 is 45.6 Å². The standard InChI is InChI=1S/C14H21BrN2OS.ClH/c1-10(16)11-4-6-17(7-5-11)14(18)3-2-13-8-12(15)9-19-13;/h8-11H,2-7,16H2,1H3;1H. The molecule has 3 nitrogen and oxygen atoms in total. The van der Waals surface area contributed by atoms with Gasteiger partial charge in [0, 0.05) is 40.3 Å². The lowest BCUT2D eigenvalue weighted by atomic mass is 9.91. The molecule has 114 valence electrons. The van der Waals surface area contributed by atoms with Crippen LogP contribution in [0.25, 0.3) is 0 Å². The summed E-state index contributed by atoms with van der Waals surface area (Å²) in [6.45, 7) is 3.81. The number of carbonyl (C=O) groups is 1. The Kier molecular flexibility index (Phi) is 7.51. The Morgan fingerprint density at radius 3 is 2.70 bits per heavy atom. The van der Waals surface area contributed by atoms with E-state index >= 15 is 0 Å². The Labute approximate surface area is 139 Å². The Hall–Kier alpha value is -0.100. The van der Waals surface area contributed by atoms with Crippen LogP contribution in [-0.2, 0) is 11.2 Å². The molecule has 2 rings (SSSR count). The predicted molar refractivity (Wildman–Crippen MR) is 90.5 cm³/mol. The third-order valence-corrected chi connectivity index (χ3v) is 5.60. The summed E-state index contributed by atoms with van der Waals surface area (Å²) < 4.78 is 1.11. The molecule has 1 aliphatic heterocycles. The van der Waals surface area contributed by atoms with E-state index in [9.17, 15) is 4.79 Å². The molecule has 6 heteroatoms. The van der Waals surface area contributed by atoms with E-state index < -0.39 is 0 Å². The minimum absolute atomic E-state index is 0. The molecular formula is C14H22BrClN2OS. The van der Waals surface area contributed by atoms with Gasteiger partial charge in [0.1, 0.15) is 0 Å². The van der Waals surface area contributed by atoms with Gasteiger partial charge in [-0.05, 0) is 54.1 Å². The zero-order valence-electron chi connectivity index (χ0n) is 11.7. The van der Waals surface area contributed by atoms with Gasteiger partial charge < -0.3 is 10.6 Å². The van der Waals surface area contributed by atoms with Gasteiger partial charge in [0.25, 0.3) is 0 Å². The fraction of sp³-hybridized carbons (Fsp3) is 0.643. The minimum atomic E-state index is 0. The second kappa shape index (κ2) is 8.37. The lowest BCUT2D eigenvalue weighted by molar-refractivity contribution is -0.132. The summed E-state index contributed by atoms with van der Waals surface area (Å²) in [4.78, 5) is 15.4. The average Bonchev–Trinajstić information content (AvgIpc) is 2.82. The number of hydrogen-bond acceptors (Lipinski definition) is 3. The number of halogens is 2. The van der Waals surface area contributed by atoms with Crippen LogP contribution in [0.15, 0.2) is 15.9 Å². The van der Waals surface area contributed by atoms with E-state index in [1.807, 2.05) is 4.90 Å². The summed E-state index contributed by atoms with van der Waals surface area (Å²) in [6.07, 6.45) is 3.57. The van der Waals surface area contributed by atoms with Gasteiger partial charge in [-0.2, -0.15) is 0 Å². The van der Waals surface area contributed by atoms with E-state index in [4.69, 9.17) is 5.73 Å². The van der Waals surface area contributed by atoms with Gasteiger partial charge >= 0.3 is 0 Å². The highest BCUT2D eigenvalue weighted by Crippen LogP contribution is 2.23. The van der Waals surface area contributed by atoms with E-state index in [-0.39, 0.29) is 24.4 Å². The summed E-state index contributed by atoms with van der Waals surface area (Å²) in [6, 6.07) is 2.35. The van der Waals surface area contributed by atoms with E-state index in [1.54, 1.807) is 11.3 Å². The average molecular weight is 382 g/mol. The molecular weight excluding hydrogens is 360 g/mol. The first-order valence-corrected chi connectivity index (χ1v) is 8.50. The van der Waals surface area contributed by atoms with Crippen molar-refractivity contribution in [3.63, 3.8) is 0 Å². The number of thiophene rings is 1. The smallest absolute Gasteiger partial charge is 0.222 e. The van der Waals surface area contributed by atoms with E-state index in [1.165, 1.54) is 4.88 Å².